The van der Waals surface area contributed by atoms with Crippen LogP contribution in [0.25, 0.3) is 16.5 Å². The number of nitrogens with zero attached hydrogens (tertiary/aromatic N) is 5. The molecule has 7 heteroatoms. The third kappa shape index (κ3) is 3.27. The van der Waals surface area contributed by atoms with Crippen LogP contribution < -0.4 is 5.43 Å². The van der Waals surface area contributed by atoms with E-state index in [1.54, 1.807) is 10.9 Å². The van der Waals surface area contributed by atoms with Crippen LogP contribution in [0.15, 0.2) is 76.3 Å². The van der Waals surface area contributed by atoms with Gasteiger partial charge in [0.2, 0.25) is 0 Å². The quantitative estimate of drug-likeness (QED) is 0.420. The number of halogens is 1. The predicted octanol–water partition coefficient (Wildman–Crippen LogP) is 4.02. The second kappa shape index (κ2) is 6.82. The summed E-state index contributed by atoms with van der Waals surface area (Å²) in [5, 5.41) is 18.3. The number of anilines is 1. The van der Waals surface area contributed by atoms with Crippen LogP contribution in [0.2, 0.25) is 0 Å². The molecule has 0 bridgehead atoms. The highest BCUT2D eigenvalue weighted by atomic mass is 79.9. The van der Waals surface area contributed by atoms with Gasteiger partial charge in [-0.05, 0) is 39.6 Å². The van der Waals surface area contributed by atoms with Crippen molar-refractivity contribution in [1.82, 2.24) is 20.2 Å². The Hall–Kier alpha value is -3.06. The summed E-state index contributed by atoms with van der Waals surface area (Å²) in [5.74, 6) is 0.449. The summed E-state index contributed by atoms with van der Waals surface area (Å²) in [6.45, 7) is 0. The number of aromatic nitrogens is 4. The molecule has 4 aromatic rings. The minimum absolute atomic E-state index is 0.449. The van der Waals surface area contributed by atoms with Gasteiger partial charge in [0.15, 0.2) is 0 Å². The van der Waals surface area contributed by atoms with E-state index in [0.717, 1.165) is 26.5 Å². The van der Waals surface area contributed by atoms with Crippen molar-refractivity contribution in [1.29, 1.82) is 0 Å². The van der Waals surface area contributed by atoms with Gasteiger partial charge in [-0.15, -0.1) is 0 Å². The first-order chi connectivity index (χ1) is 12.3. The van der Waals surface area contributed by atoms with Gasteiger partial charge in [0.1, 0.15) is 0 Å². The Morgan fingerprint density at radius 1 is 0.960 bits per heavy atom. The van der Waals surface area contributed by atoms with Gasteiger partial charge in [0, 0.05) is 9.86 Å². The van der Waals surface area contributed by atoms with Crippen LogP contribution in [0.3, 0.4) is 0 Å². The Balaban J connectivity index is 1.63. The van der Waals surface area contributed by atoms with Crippen LogP contribution in [0.4, 0.5) is 5.95 Å². The zero-order chi connectivity index (χ0) is 17.1. The van der Waals surface area contributed by atoms with Gasteiger partial charge in [0.05, 0.1) is 11.9 Å². The predicted molar refractivity (Wildman–Crippen MR) is 102 cm³/mol. The molecule has 0 saturated carbocycles. The lowest BCUT2D eigenvalue weighted by Crippen LogP contribution is -2.04. The molecule has 1 N–H and O–H groups in total. The summed E-state index contributed by atoms with van der Waals surface area (Å²) in [6, 6.07) is 22.0. The van der Waals surface area contributed by atoms with E-state index in [1.807, 2.05) is 54.6 Å². The molecule has 0 radical (unpaired) electrons. The summed E-state index contributed by atoms with van der Waals surface area (Å²) >= 11 is 3.41. The van der Waals surface area contributed by atoms with E-state index in [1.165, 1.54) is 0 Å². The minimum Gasteiger partial charge on any atom is -0.244 e. The molecule has 0 aliphatic heterocycles. The monoisotopic (exact) mass is 392 g/mol. The standard InChI is InChI=1S/C18H13BrN6/c19-15-10-8-13(9-11-15)12-20-21-18-22-23-24-25(18)17-7-3-5-14-4-1-2-6-16(14)17/h1-12H,(H,21,22,24)/b20-12-. The minimum atomic E-state index is 0.449. The molecule has 25 heavy (non-hydrogen) atoms. The van der Waals surface area contributed by atoms with Crippen molar-refractivity contribution in [2.24, 2.45) is 5.10 Å². The summed E-state index contributed by atoms with van der Waals surface area (Å²) < 4.78 is 2.67. The van der Waals surface area contributed by atoms with E-state index in [0.29, 0.717) is 5.95 Å². The van der Waals surface area contributed by atoms with Crippen molar-refractivity contribution in [2.45, 2.75) is 0 Å². The van der Waals surface area contributed by atoms with E-state index in [4.69, 9.17) is 0 Å². The maximum absolute atomic E-state index is 4.23. The molecular weight excluding hydrogens is 380 g/mol. The largest absolute Gasteiger partial charge is 0.268 e. The number of nitrogens with one attached hydrogen (secondary N) is 1. The van der Waals surface area contributed by atoms with Crippen molar-refractivity contribution >= 4 is 38.9 Å². The third-order valence-corrected chi connectivity index (χ3v) is 4.24. The van der Waals surface area contributed by atoms with E-state index in [9.17, 15) is 0 Å². The van der Waals surface area contributed by atoms with Crippen LogP contribution in [0.5, 0.6) is 0 Å². The Kier molecular flexibility index (Phi) is 4.22. The summed E-state index contributed by atoms with van der Waals surface area (Å²) in [5.41, 5.74) is 4.77. The first-order valence-electron chi connectivity index (χ1n) is 7.62. The zero-order valence-corrected chi connectivity index (χ0v) is 14.6. The van der Waals surface area contributed by atoms with Gasteiger partial charge in [-0.2, -0.15) is 9.78 Å². The lowest BCUT2D eigenvalue weighted by Gasteiger charge is -2.07. The lowest BCUT2D eigenvalue weighted by molar-refractivity contribution is 0.794. The fourth-order valence-corrected chi connectivity index (χ4v) is 2.79. The molecule has 0 unspecified atom stereocenters. The van der Waals surface area contributed by atoms with Crippen LogP contribution in [0, 0.1) is 0 Å². The summed E-state index contributed by atoms with van der Waals surface area (Å²) in [4.78, 5) is 0. The molecule has 1 aromatic heterocycles. The third-order valence-electron chi connectivity index (χ3n) is 3.71. The fourth-order valence-electron chi connectivity index (χ4n) is 2.53. The maximum atomic E-state index is 4.23. The van der Waals surface area contributed by atoms with Crippen molar-refractivity contribution in [3.05, 3.63) is 76.8 Å². The van der Waals surface area contributed by atoms with Crippen molar-refractivity contribution < 1.29 is 0 Å². The molecule has 1 heterocycles. The Morgan fingerprint density at radius 3 is 2.64 bits per heavy atom. The number of tetrazole rings is 1. The molecule has 4 rings (SSSR count). The number of benzene rings is 3. The topological polar surface area (TPSA) is 68.0 Å². The van der Waals surface area contributed by atoms with Crippen LogP contribution in [-0.4, -0.2) is 26.4 Å². The van der Waals surface area contributed by atoms with Crippen molar-refractivity contribution in [3.63, 3.8) is 0 Å². The second-order valence-corrected chi connectivity index (χ2v) is 6.25. The lowest BCUT2D eigenvalue weighted by atomic mass is 10.1. The molecule has 0 aliphatic carbocycles. The fraction of sp³-hybridized carbons (Fsp3) is 0. The van der Waals surface area contributed by atoms with Crippen molar-refractivity contribution in [2.75, 3.05) is 5.43 Å². The molecular formula is C18H13BrN6. The average molecular weight is 393 g/mol. The van der Waals surface area contributed by atoms with E-state index in [-0.39, 0.29) is 0 Å². The molecule has 0 spiro atoms. The van der Waals surface area contributed by atoms with Gasteiger partial charge in [0.25, 0.3) is 5.95 Å². The smallest absolute Gasteiger partial charge is 0.244 e. The Labute approximate surface area is 152 Å². The van der Waals surface area contributed by atoms with Crippen molar-refractivity contribution in [3.8, 4) is 5.69 Å². The van der Waals surface area contributed by atoms with E-state index < -0.39 is 0 Å². The van der Waals surface area contributed by atoms with Crippen LogP contribution in [0.1, 0.15) is 5.56 Å². The van der Waals surface area contributed by atoms with Gasteiger partial charge >= 0.3 is 0 Å². The molecule has 0 atom stereocenters. The first kappa shape index (κ1) is 15.5. The highest BCUT2D eigenvalue weighted by Gasteiger charge is 2.10. The Bertz CT molecular complexity index is 1030. The molecule has 122 valence electrons. The number of hydrogen-bond acceptors (Lipinski definition) is 5. The molecule has 3 aromatic carbocycles. The zero-order valence-electron chi connectivity index (χ0n) is 13.0. The molecule has 0 saturated heterocycles. The van der Waals surface area contributed by atoms with Crippen LogP contribution in [-0.2, 0) is 0 Å². The maximum Gasteiger partial charge on any atom is 0.268 e. The van der Waals surface area contributed by atoms with Gasteiger partial charge in [-0.1, -0.05) is 69.6 Å². The summed E-state index contributed by atoms with van der Waals surface area (Å²) in [6.07, 6.45) is 1.72. The molecule has 0 aliphatic rings. The molecule has 0 amide bonds. The van der Waals surface area contributed by atoms with Gasteiger partial charge < -0.3 is 0 Å². The number of hydrogen-bond donors (Lipinski definition) is 1. The number of rotatable bonds is 4. The van der Waals surface area contributed by atoms with E-state index in [2.05, 4.69) is 54.1 Å². The van der Waals surface area contributed by atoms with Gasteiger partial charge in [-0.25, -0.2) is 5.43 Å². The molecule has 6 nitrogen and oxygen atoms in total. The SMILES string of the molecule is Brc1ccc(/C=N\Nc2nnnn2-c2cccc3ccccc23)cc1. The first-order valence-corrected chi connectivity index (χ1v) is 8.42. The number of hydrazone groups is 1. The highest BCUT2D eigenvalue weighted by molar-refractivity contribution is 9.10. The normalized spacial score (nSPS) is 11.2. The average Bonchev–Trinajstić information content (AvgIpc) is 3.11. The van der Waals surface area contributed by atoms with Gasteiger partial charge in [-0.3, -0.25) is 0 Å². The highest BCUT2D eigenvalue weighted by Crippen LogP contribution is 2.23. The summed E-state index contributed by atoms with van der Waals surface area (Å²) in [7, 11) is 0. The second-order valence-electron chi connectivity index (χ2n) is 5.33. The van der Waals surface area contributed by atoms with E-state index >= 15 is 0 Å². The number of fused-ring (bicyclic) bond motifs is 1. The van der Waals surface area contributed by atoms with Crippen LogP contribution >= 0.6 is 15.9 Å². The Morgan fingerprint density at radius 2 is 1.76 bits per heavy atom. The molecule has 0 fully saturated rings.